The van der Waals surface area contributed by atoms with Gasteiger partial charge in [0, 0.05) is 24.3 Å². The van der Waals surface area contributed by atoms with E-state index in [2.05, 4.69) is 0 Å². The number of hydrogen-bond acceptors (Lipinski definition) is 8. The lowest BCUT2D eigenvalue weighted by molar-refractivity contribution is -0.384. The van der Waals surface area contributed by atoms with E-state index in [1.54, 1.807) is 0 Å². The van der Waals surface area contributed by atoms with E-state index in [1.165, 1.54) is 0 Å². The summed E-state index contributed by atoms with van der Waals surface area (Å²) in [6.07, 6.45) is 0. The summed E-state index contributed by atoms with van der Waals surface area (Å²) in [4.78, 5) is 19.6. The minimum absolute atomic E-state index is 0.266. The van der Waals surface area contributed by atoms with Gasteiger partial charge < -0.3 is 0 Å². The van der Waals surface area contributed by atoms with E-state index in [1.807, 2.05) is 0 Å². The third kappa shape index (κ3) is 3.00. The van der Waals surface area contributed by atoms with Crippen LogP contribution in [0.4, 0.5) is 11.4 Å². The third-order valence-electron chi connectivity index (χ3n) is 3.61. The molecule has 12 nitrogen and oxygen atoms in total. The Morgan fingerprint density at radius 1 is 0.926 bits per heavy atom. The average Bonchev–Trinajstić information content (AvgIpc) is 2.86. The molecule has 0 radical (unpaired) electrons. The first-order chi connectivity index (χ1) is 12.3. The summed E-state index contributed by atoms with van der Waals surface area (Å²) in [5.74, 6) is 0. The zero-order valence-corrected chi connectivity index (χ0v) is 15.1. The van der Waals surface area contributed by atoms with Gasteiger partial charge in [-0.2, -0.15) is 8.42 Å². The summed E-state index contributed by atoms with van der Waals surface area (Å²) in [7, 11) is -12.5. The Labute approximate surface area is 151 Å². The Hall–Kier alpha value is -2.72. The van der Waals surface area contributed by atoms with Crippen LogP contribution < -0.4 is 0 Å². The van der Waals surface area contributed by atoms with Crippen molar-refractivity contribution in [3.05, 3.63) is 50.6 Å². The largest absolute Gasteiger partial charge is 0.473 e. The molecule has 1 aromatic heterocycles. The predicted molar refractivity (Wildman–Crippen MR) is 94.0 cm³/mol. The molecule has 0 saturated carbocycles. The van der Waals surface area contributed by atoms with Crippen LogP contribution in [0.15, 0.2) is 35.2 Å². The summed E-state index contributed by atoms with van der Waals surface area (Å²) in [5.41, 5.74) is -1.27. The van der Waals surface area contributed by atoms with Crippen LogP contribution in [0, 0.1) is 20.2 Å². The van der Waals surface area contributed by atoms with E-state index in [0.29, 0.717) is 6.07 Å². The summed E-state index contributed by atoms with van der Waals surface area (Å²) >= 11 is 0. The molecule has 0 saturated heterocycles. The number of fused-ring (bicyclic) bond motifs is 3. The highest BCUT2D eigenvalue weighted by Gasteiger charge is 2.40. The van der Waals surface area contributed by atoms with Crippen LogP contribution >= 0.6 is 9.50 Å². The Balaban J connectivity index is 2.79. The van der Waals surface area contributed by atoms with E-state index < -0.39 is 65.0 Å². The van der Waals surface area contributed by atoms with Crippen molar-refractivity contribution in [3.63, 3.8) is 0 Å². The van der Waals surface area contributed by atoms with Crippen LogP contribution in [-0.2, 0) is 19.3 Å². The summed E-state index contributed by atoms with van der Waals surface area (Å²) in [6.45, 7) is 0. The Morgan fingerprint density at radius 2 is 1.56 bits per heavy atom. The highest BCUT2D eigenvalue weighted by molar-refractivity contribution is 8.38. The summed E-state index contributed by atoms with van der Waals surface area (Å²) in [5, 5.41) is 21.5. The van der Waals surface area contributed by atoms with Crippen LogP contribution in [0.25, 0.3) is 20.2 Å². The first-order valence-electron chi connectivity index (χ1n) is 6.64. The monoisotopic (exact) mass is 435 g/mol. The number of nitro benzene ring substituents is 2. The molecule has 3 rings (SSSR count). The molecule has 3 aromatic rings. The number of nitrogens with zero attached hydrogens (tertiary/aromatic N) is 2. The molecule has 0 spiro atoms. The van der Waals surface area contributed by atoms with E-state index in [0.717, 1.165) is 24.3 Å². The maximum atomic E-state index is 11.9. The number of nitro groups is 2. The van der Waals surface area contributed by atoms with Crippen LogP contribution in [0.5, 0.6) is 0 Å². The lowest BCUT2D eigenvalue weighted by atomic mass is 10.1. The standard InChI is InChI=1S/C12H6N2O10S3/c15-13(16)6-1-3-9-7(5-6)11-8(14(17)18)2-4-10(26(19,20)21)12(11)25(9)27(22,23)24/h1-5H,(H-,19,20,21,22,23,24)/p+1. The van der Waals surface area contributed by atoms with Crippen LogP contribution in [-0.4, -0.2) is 35.8 Å². The first kappa shape index (κ1) is 19.1. The molecule has 2 aromatic carbocycles. The van der Waals surface area contributed by atoms with Gasteiger partial charge in [-0.15, -0.1) is 8.42 Å². The van der Waals surface area contributed by atoms with Gasteiger partial charge in [-0.05, 0) is 6.07 Å². The molecule has 27 heavy (non-hydrogen) atoms. The average molecular weight is 435 g/mol. The van der Waals surface area contributed by atoms with Gasteiger partial charge in [-0.1, -0.05) is 0 Å². The minimum atomic E-state index is -5.03. The number of hydrogen-bond donors (Lipinski definition) is 2. The van der Waals surface area contributed by atoms with Crippen LogP contribution in [0.3, 0.4) is 0 Å². The van der Waals surface area contributed by atoms with Crippen molar-refractivity contribution in [2.75, 3.05) is 0 Å². The Kier molecular flexibility index (Phi) is 4.16. The topological polar surface area (TPSA) is 195 Å². The third-order valence-corrected chi connectivity index (χ3v) is 8.91. The molecular weight excluding hydrogens is 428 g/mol. The Bertz CT molecular complexity index is 1370. The molecule has 1 atom stereocenters. The van der Waals surface area contributed by atoms with Gasteiger partial charge in [0.2, 0.25) is 9.40 Å². The number of benzene rings is 2. The van der Waals surface area contributed by atoms with Gasteiger partial charge in [0.15, 0.2) is 4.90 Å². The van der Waals surface area contributed by atoms with E-state index in [9.17, 15) is 46.2 Å². The van der Waals surface area contributed by atoms with Gasteiger partial charge in [0.1, 0.15) is 14.9 Å². The zero-order valence-electron chi connectivity index (χ0n) is 12.7. The quantitative estimate of drug-likeness (QED) is 0.202. The fourth-order valence-electron chi connectivity index (χ4n) is 2.67. The molecule has 1 unspecified atom stereocenters. The SMILES string of the molecule is O=[N+]([O-])c1ccc2c(c1)c1c([N+](=O)[O-])ccc(S(=O)(=O)O)c1[s+]2S(=O)(=O)O. The molecule has 0 fully saturated rings. The molecule has 2 N–H and O–H groups in total. The van der Waals surface area contributed by atoms with Crippen molar-refractivity contribution in [2.24, 2.45) is 0 Å². The molecule has 0 bridgehead atoms. The highest BCUT2D eigenvalue weighted by Crippen LogP contribution is 2.51. The lowest BCUT2D eigenvalue weighted by Gasteiger charge is -1.98. The second-order valence-electron chi connectivity index (χ2n) is 5.15. The van der Waals surface area contributed by atoms with Crippen molar-refractivity contribution >= 4 is 60.3 Å². The first-order valence-corrected chi connectivity index (χ1v) is 11.3. The maximum Gasteiger partial charge on any atom is 0.473 e. The van der Waals surface area contributed by atoms with Gasteiger partial charge in [-0.25, -0.2) is 4.55 Å². The van der Waals surface area contributed by atoms with Gasteiger partial charge >= 0.3 is 9.15 Å². The van der Waals surface area contributed by atoms with Crippen molar-refractivity contribution in [3.8, 4) is 0 Å². The normalized spacial score (nSPS) is 13.2. The van der Waals surface area contributed by atoms with E-state index >= 15 is 0 Å². The molecule has 0 amide bonds. The highest BCUT2D eigenvalue weighted by atomic mass is 33.2. The number of thiophene rings is 1. The fraction of sp³-hybridized carbons (Fsp3) is 0. The number of rotatable bonds is 4. The fourth-order valence-corrected chi connectivity index (χ4v) is 8.10. The van der Waals surface area contributed by atoms with E-state index in [-0.39, 0.29) is 10.1 Å². The minimum Gasteiger partial charge on any atom is -0.282 e. The van der Waals surface area contributed by atoms with Crippen LogP contribution in [0.1, 0.15) is 0 Å². The van der Waals surface area contributed by atoms with Crippen molar-refractivity contribution in [1.82, 2.24) is 0 Å². The molecule has 142 valence electrons. The van der Waals surface area contributed by atoms with E-state index in [4.69, 9.17) is 0 Å². The molecule has 0 aliphatic carbocycles. The maximum absolute atomic E-state index is 11.9. The van der Waals surface area contributed by atoms with Gasteiger partial charge in [0.05, 0.1) is 15.2 Å². The van der Waals surface area contributed by atoms with Crippen molar-refractivity contribution in [2.45, 2.75) is 4.90 Å². The molecule has 15 heteroatoms. The molecule has 0 aliphatic rings. The zero-order chi connectivity index (χ0) is 20.3. The number of non-ortho nitro benzene ring substituents is 2. The Morgan fingerprint density at radius 3 is 2.04 bits per heavy atom. The van der Waals surface area contributed by atoms with Crippen LogP contribution in [0.2, 0.25) is 0 Å². The van der Waals surface area contributed by atoms with Crippen molar-refractivity contribution < 1.29 is 35.8 Å². The van der Waals surface area contributed by atoms with Gasteiger partial charge in [-0.3, -0.25) is 24.8 Å². The molecular formula is C12H7N2O10S3+. The summed E-state index contributed by atoms with van der Waals surface area (Å²) < 4.78 is 65.2. The van der Waals surface area contributed by atoms with Crippen molar-refractivity contribution in [1.29, 1.82) is 0 Å². The lowest BCUT2D eigenvalue weighted by Crippen LogP contribution is -2.01. The predicted octanol–water partition coefficient (Wildman–Crippen LogP) is 2.46. The molecule has 1 heterocycles. The second kappa shape index (κ2) is 5.89. The summed E-state index contributed by atoms with van der Waals surface area (Å²) in [6, 6.07) is 4.07. The smallest absolute Gasteiger partial charge is 0.282 e. The molecule has 0 aliphatic heterocycles. The van der Waals surface area contributed by atoms with Gasteiger partial charge in [0.25, 0.3) is 21.5 Å². The second-order valence-corrected chi connectivity index (χ2v) is 11.0.